The molecule has 15 heteroatoms. The van der Waals surface area contributed by atoms with Crippen LogP contribution in [0, 0.1) is 0 Å². The summed E-state index contributed by atoms with van der Waals surface area (Å²) in [5.41, 5.74) is -11.8. The largest absolute Gasteiger partial charge is 0.417 e. The molecule has 0 atom stereocenters. The van der Waals surface area contributed by atoms with E-state index in [-0.39, 0.29) is 12.1 Å². The predicted octanol–water partition coefficient (Wildman–Crippen LogP) is 9.09. The summed E-state index contributed by atoms with van der Waals surface area (Å²) in [5, 5.41) is -7.14. The molecule has 0 amide bonds. The zero-order chi connectivity index (χ0) is 26.2. The highest BCUT2D eigenvalue weighted by Crippen LogP contribution is 2.50. The molecule has 0 radical (unpaired) electrons. The standard InChI is InChI=1S/C19H5F15/c20-15(21,22)7-1-6-2-9-10(3-8(16(23,24)25)4-11(9)17(26,27)28)14(19(32,33)34)13(6)12(5-7)18(29,30)31/h1-5H. The molecule has 0 aromatic heterocycles. The van der Waals surface area contributed by atoms with E-state index in [4.69, 9.17) is 0 Å². The van der Waals surface area contributed by atoms with Crippen molar-refractivity contribution in [3.8, 4) is 0 Å². The van der Waals surface area contributed by atoms with E-state index < -0.39 is 98.4 Å². The van der Waals surface area contributed by atoms with Gasteiger partial charge in [0.25, 0.3) is 0 Å². The Hall–Kier alpha value is -2.87. The topological polar surface area (TPSA) is 0 Å². The number of halogens is 15. The van der Waals surface area contributed by atoms with Crippen LogP contribution >= 0.6 is 0 Å². The molecular weight excluding hydrogens is 513 g/mol. The molecule has 0 saturated heterocycles. The maximum Gasteiger partial charge on any atom is 0.417 e. The average Bonchev–Trinajstić information content (AvgIpc) is 2.59. The molecule has 0 spiro atoms. The number of hydrogen-bond donors (Lipinski definition) is 0. The predicted molar refractivity (Wildman–Crippen MR) is 86.5 cm³/mol. The summed E-state index contributed by atoms with van der Waals surface area (Å²) in [4.78, 5) is 0. The van der Waals surface area contributed by atoms with Crippen LogP contribution in [0.5, 0.6) is 0 Å². The van der Waals surface area contributed by atoms with Gasteiger partial charge in [0.15, 0.2) is 0 Å². The van der Waals surface area contributed by atoms with Crippen LogP contribution < -0.4 is 0 Å². The molecule has 3 rings (SSSR count). The van der Waals surface area contributed by atoms with E-state index >= 15 is 0 Å². The summed E-state index contributed by atoms with van der Waals surface area (Å²) >= 11 is 0. The van der Waals surface area contributed by atoms with E-state index in [9.17, 15) is 65.9 Å². The van der Waals surface area contributed by atoms with Gasteiger partial charge in [0.1, 0.15) is 0 Å². The van der Waals surface area contributed by atoms with Crippen molar-refractivity contribution < 1.29 is 65.9 Å². The van der Waals surface area contributed by atoms with E-state index in [1.165, 1.54) is 0 Å². The molecule has 0 heterocycles. The summed E-state index contributed by atoms with van der Waals surface area (Å²) < 4.78 is 201. The Morgan fingerprint density at radius 3 is 1.24 bits per heavy atom. The lowest BCUT2D eigenvalue weighted by molar-refractivity contribution is -0.145. The van der Waals surface area contributed by atoms with E-state index in [1.807, 2.05) is 0 Å². The van der Waals surface area contributed by atoms with E-state index in [1.54, 1.807) is 0 Å². The molecule has 0 saturated carbocycles. The zero-order valence-corrected chi connectivity index (χ0v) is 15.6. The minimum absolute atomic E-state index is 0.0760. The Balaban J connectivity index is 2.76. The molecule has 0 bridgehead atoms. The second kappa shape index (κ2) is 7.31. The van der Waals surface area contributed by atoms with Gasteiger partial charge in [0, 0.05) is 5.39 Å². The van der Waals surface area contributed by atoms with Crippen molar-refractivity contribution in [3.05, 3.63) is 58.1 Å². The SMILES string of the molecule is FC(F)(F)c1cc(C(F)(F)F)c2c(C(F)(F)F)c3cc(C(F)(F)F)cc(C(F)(F)F)c3cc2c1. The van der Waals surface area contributed by atoms with Crippen molar-refractivity contribution in [2.45, 2.75) is 30.9 Å². The van der Waals surface area contributed by atoms with Gasteiger partial charge in [-0.1, -0.05) is 0 Å². The van der Waals surface area contributed by atoms with Gasteiger partial charge in [0.05, 0.1) is 27.8 Å². The van der Waals surface area contributed by atoms with Crippen molar-refractivity contribution in [1.82, 2.24) is 0 Å². The zero-order valence-electron chi connectivity index (χ0n) is 15.6. The van der Waals surface area contributed by atoms with Gasteiger partial charge in [0.2, 0.25) is 0 Å². The van der Waals surface area contributed by atoms with Crippen LogP contribution in [0.2, 0.25) is 0 Å². The number of benzene rings is 3. The Labute approximate surface area is 177 Å². The van der Waals surface area contributed by atoms with Gasteiger partial charge in [-0.25, -0.2) is 0 Å². The number of alkyl halides is 15. The fourth-order valence-corrected chi connectivity index (χ4v) is 3.44. The molecule has 0 N–H and O–H groups in total. The Bertz CT molecular complexity index is 1260. The number of rotatable bonds is 0. The lowest BCUT2D eigenvalue weighted by Crippen LogP contribution is -2.17. The Kier molecular flexibility index (Phi) is 5.54. The van der Waals surface area contributed by atoms with Gasteiger partial charge in [-0.2, -0.15) is 65.9 Å². The van der Waals surface area contributed by atoms with Crippen molar-refractivity contribution in [3.63, 3.8) is 0 Å². The minimum atomic E-state index is -6.00. The highest BCUT2D eigenvalue weighted by molar-refractivity contribution is 6.06. The van der Waals surface area contributed by atoms with Gasteiger partial charge in [-0.3, -0.25) is 0 Å². The maximum absolute atomic E-state index is 13.9. The molecule has 3 aromatic carbocycles. The molecule has 0 fully saturated rings. The van der Waals surface area contributed by atoms with Crippen LogP contribution in [0.3, 0.4) is 0 Å². The first-order chi connectivity index (χ1) is 15.0. The molecule has 0 nitrogen and oxygen atoms in total. The quantitative estimate of drug-likeness (QED) is 0.206. The second-order valence-electron chi connectivity index (χ2n) is 6.98. The van der Waals surface area contributed by atoms with Crippen LogP contribution in [0.25, 0.3) is 21.5 Å². The Morgan fingerprint density at radius 2 is 0.824 bits per heavy atom. The van der Waals surface area contributed by atoms with Crippen molar-refractivity contribution in [2.75, 3.05) is 0 Å². The van der Waals surface area contributed by atoms with Crippen LogP contribution in [-0.4, -0.2) is 0 Å². The molecule has 3 aromatic rings. The molecule has 34 heavy (non-hydrogen) atoms. The van der Waals surface area contributed by atoms with Gasteiger partial charge >= 0.3 is 30.9 Å². The smallest absolute Gasteiger partial charge is 0.166 e. The lowest BCUT2D eigenvalue weighted by Gasteiger charge is -2.22. The van der Waals surface area contributed by atoms with E-state index in [0.717, 1.165) is 0 Å². The monoisotopic (exact) mass is 518 g/mol. The number of hydrogen-bond acceptors (Lipinski definition) is 0. The van der Waals surface area contributed by atoms with Gasteiger partial charge < -0.3 is 0 Å². The molecule has 186 valence electrons. The van der Waals surface area contributed by atoms with Gasteiger partial charge in [-0.15, -0.1) is 0 Å². The van der Waals surface area contributed by atoms with Gasteiger partial charge in [-0.05, 0) is 46.5 Å². The highest BCUT2D eigenvalue weighted by atomic mass is 19.4. The Morgan fingerprint density at radius 1 is 0.382 bits per heavy atom. The average molecular weight is 518 g/mol. The normalized spacial score (nSPS) is 14.3. The molecular formula is C19H5F15. The first kappa shape index (κ1) is 25.7. The van der Waals surface area contributed by atoms with E-state index in [2.05, 4.69) is 0 Å². The summed E-state index contributed by atoms with van der Waals surface area (Å²) in [6.45, 7) is 0. The van der Waals surface area contributed by atoms with Crippen molar-refractivity contribution in [2.24, 2.45) is 0 Å². The fraction of sp³-hybridized carbons (Fsp3) is 0.263. The summed E-state index contributed by atoms with van der Waals surface area (Å²) in [7, 11) is 0. The number of fused-ring (bicyclic) bond motifs is 2. The van der Waals surface area contributed by atoms with Crippen LogP contribution in [0.15, 0.2) is 30.3 Å². The third kappa shape index (κ3) is 4.56. The van der Waals surface area contributed by atoms with Crippen molar-refractivity contribution >= 4 is 21.5 Å². The van der Waals surface area contributed by atoms with Crippen LogP contribution in [0.1, 0.15) is 27.8 Å². The lowest BCUT2D eigenvalue weighted by atomic mass is 9.88. The minimum Gasteiger partial charge on any atom is -0.166 e. The van der Waals surface area contributed by atoms with Crippen LogP contribution in [-0.2, 0) is 30.9 Å². The molecule has 0 aliphatic rings. The first-order valence-electron chi connectivity index (χ1n) is 8.47. The fourth-order valence-electron chi connectivity index (χ4n) is 3.44. The first-order valence-corrected chi connectivity index (χ1v) is 8.47. The highest BCUT2D eigenvalue weighted by Gasteiger charge is 2.45. The summed E-state index contributed by atoms with van der Waals surface area (Å²) in [6, 6.07) is -2.01. The molecule has 0 unspecified atom stereocenters. The third-order valence-electron chi connectivity index (χ3n) is 4.72. The molecule has 0 aliphatic carbocycles. The molecule has 0 aliphatic heterocycles. The summed E-state index contributed by atoms with van der Waals surface area (Å²) in [6.07, 6.45) is -28.8. The maximum atomic E-state index is 13.9. The van der Waals surface area contributed by atoms with E-state index in [0.29, 0.717) is 0 Å². The third-order valence-corrected chi connectivity index (χ3v) is 4.72. The second-order valence-corrected chi connectivity index (χ2v) is 6.98. The summed E-state index contributed by atoms with van der Waals surface area (Å²) in [5.74, 6) is 0. The van der Waals surface area contributed by atoms with Crippen LogP contribution in [0.4, 0.5) is 65.9 Å². The van der Waals surface area contributed by atoms with Crippen molar-refractivity contribution in [1.29, 1.82) is 0 Å².